The van der Waals surface area contributed by atoms with Gasteiger partial charge in [0, 0.05) is 49.7 Å². The van der Waals surface area contributed by atoms with Crippen molar-refractivity contribution in [3.05, 3.63) is 66.1 Å². The van der Waals surface area contributed by atoms with Gasteiger partial charge in [0.25, 0.3) is 5.91 Å². The van der Waals surface area contributed by atoms with E-state index in [1.165, 1.54) is 0 Å². The number of amides is 2. The number of benzene rings is 1. The Morgan fingerprint density at radius 3 is 2.56 bits per heavy atom. The summed E-state index contributed by atoms with van der Waals surface area (Å²) in [4.78, 5) is 33.8. The van der Waals surface area contributed by atoms with Crippen molar-refractivity contribution in [1.82, 2.24) is 24.5 Å². The van der Waals surface area contributed by atoms with Crippen LogP contribution >= 0.6 is 0 Å². The minimum Gasteiger partial charge on any atom is -0.487 e. The number of pyridine rings is 1. The highest BCUT2D eigenvalue weighted by molar-refractivity contribution is 5.94. The number of carbonyl (C=O) groups excluding carboxylic acids is 2. The Hall–Kier alpha value is -3.39. The van der Waals surface area contributed by atoms with Gasteiger partial charge >= 0.3 is 0 Å². The Labute approximate surface area is 200 Å². The maximum absolute atomic E-state index is 13.0. The summed E-state index contributed by atoms with van der Waals surface area (Å²) >= 11 is 0. The number of aromatic nitrogens is 2. The lowest BCUT2D eigenvalue weighted by molar-refractivity contribution is -0.123. The molecular weight excluding hydrogens is 430 g/mol. The van der Waals surface area contributed by atoms with Crippen molar-refractivity contribution < 1.29 is 14.3 Å². The van der Waals surface area contributed by atoms with Crippen LogP contribution < -0.4 is 10.1 Å². The van der Waals surface area contributed by atoms with Gasteiger partial charge in [0.05, 0.1) is 12.2 Å². The van der Waals surface area contributed by atoms with Crippen molar-refractivity contribution in [2.24, 2.45) is 0 Å². The fraction of sp³-hybridized carbons (Fsp3) is 0.423. The molecule has 1 aliphatic heterocycles. The van der Waals surface area contributed by atoms with E-state index in [0.29, 0.717) is 44.1 Å². The van der Waals surface area contributed by atoms with Crippen LogP contribution in [0.4, 0.5) is 0 Å². The molecule has 1 fully saturated rings. The number of rotatable bonds is 6. The Balaban J connectivity index is 1.28. The van der Waals surface area contributed by atoms with Crippen LogP contribution in [0.1, 0.15) is 43.2 Å². The van der Waals surface area contributed by atoms with E-state index in [4.69, 9.17) is 4.74 Å². The molecule has 0 saturated carbocycles. The summed E-state index contributed by atoms with van der Waals surface area (Å²) < 4.78 is 7.82. The standard InChI is InChI=1S/C26H33N5O3/c1-26(2,3)28-24(32)18-29-12-6-14-30(16-15-29)25(33)20-8-10-22(11-9-20)34-19-21-17-31-13-5-4-7-23(31)27-21/h4-5,7-11,13,17H,6,12,14-16,18-19H2,1-3H3,(H,28,32). The fourth-order valence-corrected chi connectivity index (χ4v) is 4.08. The topological polar surface area (TPSA) is 79.2 Å². The monoisotopic (exact) mass is 463 g/mol. The molecule has 180 valence electrons. The highest BCUT2D eigenvalue weighted by atomic mass is 16.5. The zero-order chi connectivity index (χ0) is 24.1. The third-order valence-corrected chi connectivity index (χ3v) is 5.66. The van der Waals surface area contributed by atoms with E-state index in [-0.39, 0.29) is 17.4 Å². The molecule has 2 amide bonds. The number of hydrogen-bond acceptors (Lipinski definition) is 5. The predicted octanol–water partition coefficient (Wildman–Crippen LogP) is 2.98. The average molecular weight is 464 g/mol. The number of nitrogens with one attached hydrogen (secondary N) is 1. The van der Waals surface area contributed by atoms with E-state index in [9.17, 15) is 9.59 Å². The summed E-state index contributed by atoms with van der Waals surface area (Å²) in [5.74, 6) is 0.722. The van der Waals surface area contributed by atoms with Gasteiger partial charge in [0.15, 0.2) is 0 Å². The number of imidazole rings is 1. The minimum atomic E-state index is -0.242. The van der Waals surface area contributed by atoms with Crippen molar-refractivity contribution in [1.29, 1.82) is 0 Å². The van der Waals surface area contributed by atoms with E-state index in [1.54, 1.807) is 12.1 Å². The predicted molar refractivity (Wildman–Crippen MR) is 131 cm³/mol. The van der Waals surface area contributed by atoms with E-state index < -0.39 is 0 Å². The van der Waals surface area contributed by atoms with Crippen LogP contribution in [0.3, 0.4) is 0 Å². The molecule has 1 saturated heterocycles. The van der Waals surface area contributed by atoms with Crippen LogP contribution in [-0.4, -0.2) is 69.3 Å². The Morgan fingerprint density at radius 1 is 1.03 bits per heavy atom. The molecule has 8 nitrogen and oxygen atoms in total. The molecule has 2 aromatic heterocycles. The molecular formula is C26H33N5O3. The zero-order valence-electron chi connectivity index (χ0n) is 20.2. The van der Waals surface area contributed by atoms with E-state index in [1.807, 2.05) is 72.8 Å². The second kappa shape index (κ2) is 10.3. The van der Waals surface area contributed by atoms with Gasteiger partial charge in [-0.15, -0.1) is 0 Å². The minimum absolute atomic E-state index is 0.00731. The molecule has 0 atom stereocenters. The van der Waals surface area contributed by atoms with Crippen molar-refractivity contribution in [3.63, 3.8) is 0 Å². The van der Waals surface area contributed by atoms with Gasteiger partial charge in [0.2, 0.25) is 5.91 Å². The quantitative estimate of drug-likeness (QED) is 0.608. The SMILES string of the molecule is CC(C)(C)NC(=O)CN1CCCN(C(=O)c2ccc(OCc3cn4ccccc4n3)cc2)CC1. The zero-order valence-corrected chi connectivity index (χ0v) is 20.2. The normalized spacial score (nSPS) is 15.2. The largest absolute Gasteiger partial charge is 0.487 e. The molecule has 8 heteroatoms. The summed E-state index contributed by atoms with van der Waals surface area (Å²) in [7, 11) is 0. The van der Waals surface area contributed by atoms with Crippen LogP contribution in [0.25, 0.3) is 5.65 Å². The van der Waals surface area contributed by atoms with E-state index in [2.05, 4.69) is 15.2 Å². The first kappa shape index (κ1) is 23.8. The van der Waals surface area contributed by atoms with Gasteiger partial charge < -0.3 is 19.4 Å². The molecule has 1 aromatic carbocycles. The van der Waals surface area contributed by atoms with Crippen molar-refractivity contribution >= 4 is 17.5 Å². The summed E-state index contributed by atoms with van der Waals surface area (Å²) in [6, 6.07) is 13.1. The van der Waals surface area contributed by atoms with Crippen LogP contribution in [-0.2, 0) is 11.4 Å². The van der Waals surface area contributed by atoms with Crippen molar-refractivity contribution in [2.45, 2.75) is 39.3 Å². The summed E-state index contributed by atoms with van der Waals surface area (Å²) in [6.45, 7) is 9.42. The first-order chi connectivity index (χ1) is 16.3. The molecule has 1 aliphatic rings. The number of hydrogen-bond donors (Lipinski definition) is 1. The van der Waals surface area contributed by atoms with Gasteiger partial charge in [-0.1, -0.05) is 6.07 Å². The number of ether oxygens (including phenoxy) is 1. The molecule has 0 radical (unpaired) electrons. The maximum atomic E-state index is 13.0. The van der Waals surface area contributed by atoms with Crippen molar-refractivity contribution in [3.8, 4) is 5.75 Å². The Kier molecular flexibility index (Phi) is 7.17. The Morgan fingerprint density at radius 2 is 1.82 bits per heavy atom. The fourth-order valence-electron chi connectivity index (χ4n) is 4.08. The van der Waals surface area contributed by atoms with Crippen molar-refractivity contribution in [2.75, 3.05) is 32.7 Å². The third kappa shape index (κ3) is 6.35. The molecule has 34 heavy (non-hydrogen) atoms. The number of carbonyl (C=O) groups is 2. The van der Waals surface area contributed by atoms with Gasteiger partial charge in [-0.2, -0.15) is 0 Å². The summed E-state index contributed by atoms with van der Waals surface area (Å²) in [5.41, 5.74) is 2.12. The summed E-state index contributed by atoms with van der Waals surface area (Å²) in [5, 5.41) is 3.00. The maximum Gasteiger partial charge on any atom is 0.253 e. The molecule has 0 spiro atoms. The molecule has 0 aliphatic carbocycles. The average Bonchev–Trinajstić information content (AvgIpc) is 3.07. The third-order valence-electron chi connectivity index (χ3n) is 5.66. The van der Waals surface area contributed by atoms with E-state index in [0.717, 1.165) is 24.3 Å². The molecule has 3 heterocycles. The van der Waals surface area contributed by atoms with Crippen LogP contribution in [0, 0.1) is 0 Å². The summed E-state index contributed by atoms with van der Waals surface area (Å²) in [6.07, 6.45) is 4.74. The second-order valence-corrected chi connectivity index (χ2v) is 9.73. The van der Waals surface area contributed by atoms with Gasteiger partial charge in [-0.3, -0.25) is 14.5 Å². The van der Waals surface area contributed by atoms with E-state index >= 15 is 0 Å². The van der Waals surface area contributed by atoms with Gasteiger partial charge in [-0.05, 0) is 63.6 Å². The molecule has 1 N–H and O–H groups in total. The second-order valence-electron chi connectivity index (χ2n) is 9.73. The highest BCUT2D eigenvalue weighted by Gasteiger charge is 2.22. The molecule has 0 bridgehead atoms. The molecule has 0 unspecified atom stereocenters. The van der Waals surface area contributed by atoms with Crippen LogP contribution in [0.5, 0.6) is 5.75 Å². The highest BCUT2D eigenvalue weighted by Crippen LogP contribution is 2.17. The lowest BCUT2D eigenvalue weighted by atomic mass is 10.1. The van der Waals surface area contributed by atoms with Crippen LogP contribution in [0.15, 0.2) is 54.9 Å². The Bertz CT molecular complexity index is 1100. The smallest absolute Gasteiger partial charge is 0.253 e. The van der Waals surface area contributed by atoms with Gasteiger partial charge in [0.1, 0.15) is 18.0 Å². The van der Waals surface area contributed by atoms with Crippen LogP contribution in [0.2, 0.25) is 0 Å². The molecule has 3 aromatic rings. The number of fused-ring (bicyclic) bond motifs is 1. The number of nitrogens with zero attached hydrogens (tertiary/aromatic N) is 4. The molecule has 4 rings (SSSR count). The first-order valence-electron chi connectivity index (χ1n) is 11.7. The lowest BCUT2D eigenvalue weighted by Crippen LogP contribution is -2.46. The van der Waals surface area contributed by atoms with Gasteiger partial charge in [-0.25, -0.2) is 4.98 Å². The lowest BCUT2D eigenvalue weighted by Gasteiger charge is -2.25. The first-order valence-corrected chi connectivity index (χ1v) is 11.7.